The average molecular weight is 414 g/mol. The molecule has 130 valence electrons. The first kappa shape index (κ1) is 18.5. The number of ether oxygens (including phenoxy) is 1. The lowest BCUT2D eigenvalue weighted by molar-refractivity contribution is 0.187. The Morgan fingerprint density at radius 1 is 1.04 bits per heavy atom. The Morgan fingerprint density at radius 2 is 1.76 bits per heavy atom. The second-order valence-corrected chi connectivity index (χ2v) is 7.38. The highest BCUT2D eigenvalue weighted by atomic mass is 35.5. The molecule has 1 heterocycles. The number of nitrogens with zero attached hydrogens (tertiary/aromatic N) is 2. The standard InChI is InChI=1S/C18H15Cl3N2OS/c1-24-9-8-23-17(15-10-13(20)4-7-16(15)21)11-25-18(23)22-14-5-2-12(19)3-6-14/h2-7,10-11H,8-9H2,1H3. The molecule has 0 amide bonds. The summed E-state index contributed by atoms with van der Waals surface area (Å²) in [6.45, 7) is 1.22. The van der Waals surface area contributed by atoms with E-state index < -0.39 is 0 Å². The maximum Gasteiger partial charge on any atom is 0.190 e. The lowest BCUT2D eigenvalue weighted by Crippen LogP contribution is -2.18. The van der Waals surface area contributed by atoms with Crippen LogP contribution in [-0.2, 0) is 11.3 Å². The van der Waals surface area contributed by atoms with Crippen molar-refractivity contribution in [3.8, 4) is 11.3 Å². The summed E-state index contributed by atoms with van der Waals surface area (Å²) in [5.41, 5.74) is 2.67. The number of hydrogen-bond donors (Lipinski definition) is 0. The number of aromatic nitrogens is 1. The molecule has 0 fully saturated rings. The molecule has 0 N–H and O–H groups in total. The molecular formula is C18H15Cl3N2OS. The van der Waals surface area contributed by atoms with E-state index in [0.717, 1.165) is 21.7 Å². The van der Waals surface area contributed by atoms with Crippen molar-refractivity contribution in [3.05, 3.63) is 67.7 Å². The van der Waals surface area contributed by atoms with E-state index in [-0.39, 0.29) is 0 Å². The Kier molecular flexibility index (Phi) is 6.20. The summed E-state index contributed by atoms with van der Waals surface area (Å²) in [6.07, 6.45) is 0. The van der Waals surface area contributed by atoms with Gasteiger partial charge in [0.1, 0.15) is 0 Å². The Morgan fingerprint density at radius 3 is 2.48 bits per heavy atom. The quantitative estimate of drug-likeness (QED) is 0.499. The molecule has 0 aliphatic rings. The molecule has 3 rings (SSSR count). The van der Waals surface area contributed by atoms with E-state index in [1.54, 1.807) is 30.6 Å². The molecule has 0 radical (unpaired) electrons. The molecule has 2 aromatic carbocycles. The summed E-state index contributed by atoms with van der Waals surface area (Å²) in [5, 5.41) is 4.00. The molecule has 0 saturated heterocycles. The van der Waals surface area contributed by atoms with Gasteiger partial charge in [-0.2, -0.15) is 0 Å². The summed E-state index contributed by atoms with van der Waals surface area (Å²) < 4.78 is 7.33. The van der Waals surface area contributed by atoms with Crippen molar-refractivity contribution in [1.82, 2.24) is 4.57 Å². The van der Waals surface area contributed by atoms with Crippen molar-refractivity contribution < 1.29 is 4.74 Å². The molecule has 7 heteroatoms. The summed E-state index contributed by atoms with van der Waals surface area (Å²) >= 11 is 20.0. The van der Waals surface area contributed by atoms with Gasteiger partial charge in [0, 0.05) is 34.6 Å². The second-order valence-electron chi connectivity index (χ2n) is 5.26. The van der Waals surface area contributed by atoms with E-state index in [0.29, 0.717) is 28.2 Å². The third-order valence-corrected chi connectivity index (χ3v) is 5.25. The number of halogens is 3. The normalized spacial score (nSPS) is 11.9. The van der Waals surface area contributed by atoms with Crippen LogP contribution >= 0.6 is 46.1 Å². The van der Waals surface area contributed by atoms with Crippen molar-refractivity contribution in [2.45, 2.75) is 6.54 Å². The van der Waals surface area contributed by atoms with E-state index in [4.69, 9.17) is 44.5 Å². The van der Waals surface area contributed by atoms with Gasteiger partial charge in [0.2, 0.25) is 0 Å². The molecule has 0 bridgehead atoms. The minimum absolute atomic E-state index is 0.565. The van der Waals surface area contributed by atoms with E-state index in [1.165, 1.54) is 0 Å². The molecule has 0 aliphatic carbocycles. The van der Waals surface area contributed by atoms with Crippen LogP contribution in [-0.4, -0.2) is 18.3 Å². The SMILES string of the molecule is COCCn1c(-c2cc(Cl)ccc2Cl)csc1=Nc1ccc(Cl)cc1. The summed E-state index contributed by atoms with van der Waals surface area (Å²) in [7, 11) is 1.68. The number of thiazole rings is 1. The van der Waals surface area contributed by atoms with Crippen molar-refractivity contribution in [1.29, 1.82) is 0 Å². The lowest BCUT2D eigenvalue weighted by Gasteiger charge is -2.10. The van der Waals surface area contributed by atoms with E-state index in [9.17, 15) is 0 Å². The molecular weight excluding hydrogens is 399 g/mol. The molecule has 3 nitrogen and oxygen atoms in total. The van der Waals surface area contributed by atoms with Crippen molar-refractivity contribution >= 4 is 51.8 Å². The zero-order valence-corrected chi connectivity index (χ0v) is 16.5. The van der Waals surface area contributed by atoms with Gasteiger partial charge in [-0.25, -0.2) is 4.99 Å². The van der Waals surface area contributed by atoms with Crippen LogP contribution in [0.1, 0.15) is 0 Å². The van der Waals surface area contributed by atoms with Gasteiger partial charge in [-0.3, -0.25) is 0 Å². The fourth-order valence-corrected chi connectivity index (χ4v) is 3.81. The zero-order chi connectivity index (χ0) is 17.8. The summed E-state index contributed by atoms with van der Waals surface area (Å²) in [6, 6.07) is 12.8. The highest BCUT2D eigenvalue weighted by Crippen LogP contribution is 2.31. The average Bonchev–Trinajstić information content (AvgIpc) is 2.99. The lowest BCUT2D eigenvalue weighted by atomic mass is 10.1. The molecule has 0 unspecified atom stereocenters. The maximum atomic E-state index is 6.38. The predicted octanol–water partition coefficient (Wildman–Crippen LogP) is 6.06. The topological polar surface area (TPSA) is 26.5 Å². The van der Waals surface area contributed by atoms with Crippen LogP contribution in [0.2, 0.25) is 15.1 Å². The third kappa shape index (κ3) is 4.46. The smallest absolute Gasteiger partial charge is 0.190 e. The molecule has 25 heavy (non-hydrogen) atoms. The third-order valence-electron chi connectivity index (χ3n) is 3.57. The number of methoxy groups -OCH3 is 1. The molecule has 0 aliphatic heterocycles. The molecule has 1 aromatic heterocycles. The van der Waals surface area contributed by atoms with Crippen LogP contribution in [0, 0.1) is 0 Å². The minimum atomic E-state index is 0.565. The van der Waals surface area contributed by atoms with Crippen LogP contribution in [0.15, 0.2) is 52.8 Å². The van der Waals surface area contributed by atoms with Crippen LogP contribution in [0.3, 0.4) is 0 Å². The molecule has 0 spiro atoms. The number of hydrogen-bond acceptors (Lipinski definition) is 3. The van der Waals surface area contributed by atoms with Gasteiger partial charge in [0.25, 0.3) is 0 Å². The number of rotatable bonds is 5. The molecule has 0 atom stereocenters. The van der Waals surface area contributed by atoms with Crippen LogP contribution in [0.5, 0.6) is 0 Å². The first-order valence-corrected chi connectivity index (χ1v) is 9.53. The van der Waals surface area contributed by atoms with Gasteiger partial charge in [-0.15, -0.1) is 11.3 Å². The Balaban J connectivity index is 2.12. The van der Waals surface area contributed by atoms with Gasteiger partial charge < -0.3 is 9.30 Å². The summed E-state index contributed by atoms with van der Waals surface area (Å²) in [5.74, 6) is 0. The maximum absolute atomic E-state index is 6.38. The first-order chi connectivity index (χ1) is 12.1. The van der Waals surface area contributed by atoms with Crippen LogP contribution in [0.25, 0.3) is 11.3 Å². The number of benzene rings is 2. The van der Waals surface area contributed by atoms with E-state index in [2.05, 4.69) is 4.57 Å². The van der Waals surface area contributed by atoms with Gasteiger partial charge in [-0.05, 0) is 42.5 Å². The highest BCUT2D eigenvalue weighted by Gasteiger charge is 2.12. The fraction of sp³-hybridized carbons (Fsp3) is 0.167. The van der Waals surface area contributed by atoms with Crippen LogP contribution in [0.4, 0.5) is 5.69 Å². The fourth-order valence-electron chi connectivity index (χ4n) is 2.35. The van der Waals surface area contributed by atoms with Crippen molar-refractivity contribution in [3.63, 3.8) is 0 Å². The van der Waals surface area contributed by atoms with Gasteiger partial charge in [-0.1, -0.05) is 34.8 Å². The Hall–Kier alpha value is -1.30. The summed E-state index contributed by atoms with van der Waals surface area (Å²) in [4.78, 5) is 5.58. The van der Waals surface area contributed by atoms with Gasteiger partial charge in [0.15, 0.2) is 4.80 Å². The minimum Gasteiger partial charge on any atom is -0.383 e. The Bertz CT molecular complexity index is 932. The second kappa shape index (κ2) is 8.39. The predicted molar refractivity (Wildman–Crippen MR) is 106 cm³/mol. The Labute approximate surface area is 165 Å². The van der Waals surface area contributed by atoms with E-state index >= 15 is 0 Å². The van der Waals surface area contributed by atoms with Crippen molar-refractivity contribution in [2.75, 3.05) is 13.7 Å². The largest absolute Gasteiger partial charge is 0.383 e. The van der Waals surface area contributed by atoms with E-state index in [1.807, 2.05) is 35.7 Å². The molecule has 3 aromatic rings. The molecule has 0 saturated carbocycles. The van der Waals surface area contributed by atoms with Crippen molar-refractivity contribution in [2.24, 2.45) is 4.99 Å². The van der Waals surface area contributed by atoms with Crippen LogP contribution < -0.4 is 4.80 Å². The van der Waals surface area contributed by atoms with Gasteiger partial charge >= 0.3 is 0 Å². The first-order valence-electron chi connectivity index (χ1n) is 7.51. The van der Waals surface area contributed by atoms with Gasteiger partial charge in [0.05, 0.1) is 23.0 Å². The zero-order valence-electron chi connectivity index (χ0n) is 13.4. The highest BCUT2D eigenvalue weighted by molar-refractivity contribution is 7.07. The monoisotopic (exact) mass is 412 g/mol.